The van der Waals surface area contributed by atoms with Gasteiger partial charge in [-0.25, -0.2) is 4.79 Å². The predicted molar refractivity (Wildman–Crippen MR) is 99.4 cm³/mol. The van der Waals surface area contributed by atoms with E-state index in [1.807, 2.05) is 6.07 Å². The Labute approximate surface area is 166 Å². The molecule has 1 saturated heterocycles. The van der Waals surface area contributed by atoms with E-state index in [-0.39, 0.29) is 23.5 Å². The lowest BCUT2D eigenvalue weighted by Crippen LogP contribution is -2.51. The summed E-state index contributed by atoms with van der Waals surface area (Å²) < 4.78 is 16.9. The first-order valence-electron chi connectivity index (χ1n) is 9.37. The van der Waals surface area contributed by atoms with E-state index in [1.54, 1.807) is 24.3 Å². The van der Waals surface area contributed by atoms with E-state index in [2.05, 4.69) is 0 Å². The van der Waals surface area contributed by atoms with Crippen LogP contribution in [-0.4, -0.2) is 57.6 Å². The summed E-state index contributed by atoms with van der Waals surface area (Å²) in [5.74, 6) is -0.162. The van der Waals surface area contributed by atoms with Gasteiger partial charge in [0.05, 0.1) is 12.7 Å². The first kappa shape index (κ1) is 19.7. The second-order valence-electron chi connectivity index (χ2n) is 7.18. The molecule has 4 N–H and O–H groups in total. The van der Waals surface area contributed by atoms with Crippen molar-refractivity contribution in [2.45, 2.75) is 43.5 Å². The van der Waals surface area contributed by atoms with Crippen molar-refractivity contribution in [2.24, 2.45) is 0 Å². The van der Waals surface area contributed by atoms with E-state index in [4.69, 9.17) is 14.2 Å². The normalized spacial score (nSPS) is 29.1. The van der Waals surface area contributed by atoms with Gasteiger partial charge in [-0.3, -0.25) is 0 Å². The third kappa shape index (κ3) is 3.92. The van der Waals surface area contributed by atoms with Gasteiger partial charge in [0.2, 0.25) is 6.29 Å². The molecule has 5 atom stereocenters. The summed E-state index contributed by atoms with van der Waals surface area (Å²) in [7, 11) is 0. The highest BCUT2D eigenvalue weighted by Gasteiger charge is 2.38. The standard InChI is InChI=1S/C21H22O8/c22-10-17-20(25)14(24)9-18(28-17)27-15-3-1-2-12-8-16(29-21(26)19(12)15)11-4-6-13(23)7-5-11/h1-7,14,16-18,20,22-25H,8-10H2/t14?,16-,17?,18+,20-/m0/s1. The molecule has 0 aromatic heterocycles. The zero-order chi connectivity index (χ0) is 20.5. The maximum Gasteiger partial charge on any atom is 0.342 e. The molecule has 0 saturated carbocycles. The number of benzene rings is 2. The number of phenolic OH excluding ortho intramolecular Hbond substituents is 1. The summed E-state index contributed by atoms with van der Waals surface area (Å²) in [6.45, 7) is -0.471. The van der Waals surface area contributed by atoms with Gasteiger partial charge in [0.1, 0.15) is 35.4 Å². The van der Waals surface area contributed by atoms with Crippen LogP contribution in [0.1, 0.15) is 34.0 Å². The molecule has 29 heavy (non-hydrogen) atoms. The highest BCUT2D eigenvalue weighted by molar-refractivity contribution is 5.95. The molecule has 2 aromatic rings. The topological polar surface area (TPSA) is 126 Å². The third-order valence-electron chi connectivity index (χ3n) is 5.21. The number of fused-ring (bicyclic) bond motifs is 1. The lowest BCUT2D eigenvalue weighted by Gasteiger charge is -2.36. The fraction of sp³-hybridized carbons (Fsp3) is 0.381. The number of aliphatic hydroxyl groups is 3. The van der Waals surface area contributed by atoms with Crippen LogP contribution in [-0.2, 0) is 15.9 Å². The Morgan fingerprint density at radius 3 is 2.59 bits per heavy atom. The Morgan fingerprint density at radius 1 is 1.10 bits per heavy atom. The zero-order valence-electron chi connectivity index (χ0n) is 15.5. The Hall–Kier alpha value is -2.65. The first-order chi connectivity index (χ1) is 14.0. The van der Waals surface area contributed by atoms with Gasteiger partial charge in [-0.15, -0.1) is 0 Å². The summed E-state index contributed by atoms with van der Waals surface area (Å²) in [5.41, 5.74) is 1.80. The van der Waals surface area contributed by atoms with Gasteiger partial charge in [0.15, 0.2) is 0 Å². The largest absolute Gasteiger partial charge is 0.508 e. The maximum absolute atomic E-state index is 12.7. The molecule has 0 spiro atoms. The van der Waals surface area contributed by atoms with Gasteiger partial charge >= 0.3 is 5.97 Å². The van der Waals surface area contributed by atoms with Crippen LogP contribution in [0.2, 0.25) is 0 Å². The number of hydrogen-bond acceptors (Lipinski definition) is 8. The van der Waals surface area contributed by atoms with E-state index < -0.39 is 43.3 Å². The van der Waals surface area contributed by atoms with Crippen LogP contribution in [0.25, 0.3) is 0 Å². The average Bonchev–Trinajstić information content (AvgIpc) is 2.71. The number of phenols is 1. The molecule has 2 unspecified atom stereocenters. The van der Waals surface area contributed by atoms with Crippen LogP contribution in [0.15, 0.2) is 42.5 Å². The van der Waals surface area contributed by atoms with Crippen molar-refractivity contribution < 1.29 is 39.4 Å². The molecule has 0 amide bonds. The second kappa shape index (κ2) is 8.00. The van der Waals surface area contributed by atoms with E-state index in [1.165, 1.54) is 12.1 Å². The highest BCUT2D eigenvalue weighted by atomic mass is 16.7. The van der Waals surface area contributed by atoms with Crippen molar-refractivity contribution >= 4 is 5.97 Å². The molecule has 2 aromatic carbocycles. The van der Waals surface area contributed by atoms with Crippen molar-refractivity contribution in [3.63, 3.8) is 0 Å². The summed E-state index contributed by atoms with van der Waals surface area (Å²) in [6.07, 6.45) is -4.28. The van der Waals surface area contributed by atoms with Crippen molar-refractivity contribution in [1.29, 1.82) is 0 Å². The average molecular weight is 402 g/mol. The van der Waals surface area contributed by atoms with Crippen LogP contribution in [0, 0.1) is 0 Å². The highest BCUT2D eigenvalue weighted by Crippen LogP contribution is 2.36. The minimum Gasteiger partial charge on any atom is -0.508 e. The van der Waals surface area contributed by atoms with Crippen LogP contribution in [0.3, 0.4) is 0 Å². The minimum atomic E-state index is -1.21. The molecule has 1 fully saturated rings. The number of carbonyl (C=O) groups excluding carboxylic acids is 1. The van der Waals surface area contributed by atoms with Crippen LogP contribution < -0.4 is 4.74 Å². The van der Waals surface area contributed by atoms with Gasteiger partial charge in [-0.2, -0.15) is 0 Å². The Bertz CT molecular complexity index is 881. The molecule has 2 aliphatic heterocycles. The molecule has 0 radical (unpaired) electrons. The fourth-order valence-corrected chi connectivity index (χ4v) is 3.66. The molecule has 8 heteroatoms. The minimum absolute atomic E-state index is 0.00743. The monoisotopic (exact) mass is 402 g/mol. The predicted octanol–water partition coefficient (Wildman–Crippen LogP) is 1.05. The van der Waals surface area contributed by atoms with E-state index in [9.17, 15) is 25.2 Å². The Balaban J connectivity index is 1.55. The summed E-state index contributed by atoms with van der Waals surface area (Å²) in [4.78, 5) is 12.7. The lowest BCUT2D eigenvalue weighted by molar-refractivity contribution is -0.230. The van der Waals surface area contributed by atoms with Crippen molar-refractivity contribution in [1.82, 2.24) is 0 Å². The van der Waals surface area contributed by atoms with Gasteiger partial charge in [-0.05, 0) is 29.3 Å². The molecular formula is C21H22O8. The fourth-order valence-electron chi connectivity index (χ4n) is 3.66. The SMILES string of the molecule is O=C1O[C@H](c2ccc(O)cc2)Cc2cccc(O[C@H]3CC(O)[C@H](O)C(CO)O3)c21. The van der Waals surface area contributed by atoms with E-state index in [0.717, 1.165) is 11.1 Å². The van der Waals surface area contributed by atoms with Crippen molar-refractivity contribution in [2.75, 3.05) is 6.61 Å². The number of ether oxygens (including phenoxy) is 3. The number of hydrogen-bond donors (Lipinski definition) is 4. The maximum atomic E-state index is 12.7. The summed E-state index contributed by atoms with van der Waals surface area (Å²) in [5, 5.41) is 38.6. The Morgan fingerprint density at radius 2 is 1.86 bits per heavy atom. The van der Waals surface area contributed by atoms with Crippen molar-refractivity contribution in [3.8, 4) is 11.5 Å². The number of aliphatic hydroxyl groups excluding tert-OH is 3. The molecule has 0 bridgehead atoms. The van der Waals surface area contributed by atoms with Gasteiger partial charge in [-0.1, -0.05) is 24.3 Å². The molecular weight excluding hydrogens is 380 g/mol. The second-order valence-corrected chi connectivity index (χ2v) is 7.18. The van der Waals surface area contributed by atoms with Gasteiger partial charge in [0, 0.05) is 12.8 Å². The van der Waals surface area contributed by atoms with Crippen LogP contribution in [0.5, 0.6) is 11.5 Å². The van der Waals surface area contributed by atoms with Crippen molar-refractivity contribution in [3.05, 3.63) is 59.2 Å². The molecule has 0 aliphatic carbocycles. The quantitative estimate of drug-likeness (QED) is 0.560. The lowest BCUT2D eigenvalue weighted by atomic mass is 9.94. The van der Waals surface area contributed by atoms with Crippen LogP contribution >= 0.6 is 0 Å². The smallest absolute Gasteiger partial charge is 0.342 e. The molecule has 2 heterocycles. The van der Waals surface area contributed by atoms with Gasteiger partial charge in [0.25, 0.3) is 0 Å². The molecule has 154 valence electrons. The van der Waals surface area contributed by atoms with E-state index >= 15 is 0 Å². The first-order valence-corrected chi connectivity index (χ1v) is 9.37. The number of rotatable bonds is 4. The molecule has 8 nitrogen and oxygen atoms in total. The van der Waals surface area contributed by atoms with Crippen LogP contribution in [0.4, 0.5) is 0 Å². The molecule has 2 aliphatic rings. The van der Waals surface area contributed by atoms with Gasteiger partial charge < -0.3 is 34.6 Å². The van der Waals surface area contributed by atoms with E-state index in [0.29, 0.717) is 6.42 Å². The third-order valence-corrected chi connectivity index (χ3v) is 5.21. The summed E-state index contributed by atoms with van der Waals surface area (Å²) in [6, 6.07) is 11.7. The number of aromatic hydroxyl groups is 1. The number of esters is 1. The number of carbonyl (C=O) groups is 1. The number of cyclic esters (lactones) is 1. The molecule has 4 rings (SSSR count). The zero-order valence-corrected chi connectivity index (χ0v) is 15.5. The summed E-state index contributed by atoms with van der Waals surface area (Å²) >= 11 is 0. The Kier molecular flexibility index (Phi) is 5.42.